The fraction of sp³-hybridized carbons (Fsp3) is 0.259. The van der Waals surface area contributed by atoms with Gasteiger partial charge in [0.25, 0.3) is 5.82 Å². The Morgan fingerprint density at radius 1 is 0.919 bits per heavy atom. The van der Waals surface area contributed by atoms with Gasteiger partial charge in [-0.15, -0.1) is 15.3 Å². The van der Waals surface area contributed by atoms with E-state index in [9.17, 15) is 13.2 Å². The third kappa shape index (κ3) is 5.39. The topological polar surface area (TPSA) is 77.2 Å². The van der Waals surface area contributed by atoms with Crippen LogP contribution in [0, 0.1) is 0 Å². The molecule has 3 aromatic heterocycles. The number of rotatable bonds is 9. The Bertz CT molecular complexity index is 1500. The standard InChI is InChI=1S/C27H25F3N6O/c1-2-22(31-16-15-18-9-4-3-5-10-18)23-14-8-11-19(32-23)17-37-25-21-13-7-6-12-20(21)24-33-34-26(27(28,29)30)36(24)35-25/h3-14,22,31H,2,15-17H2,1H3. The first kappa shape index (κ1) is 24.6. The third-order valence-corrected chi connectivity index (χ3v) is 6.08. The van der Waals surface area contributed by atoms with Gasteiger partial charge in [0.2, 0.25) is 5.88 Å². The molecule has 1 N–H and O–H groups in total. The monoisotopic (exact) mass is 506 g/mol. The number of nitrogens with zero attached hydrogens (tertiary/aromatic N) is 5. The lowest BCUT2D eigenvalue weighted by Gasteiger charge is -2.17. The summed E-state index contributed by atoms with van der Waals surface area (Å²) in [6.45, 7) is 2.94. The van der Waals surface area contributed by atoms with Crippen LogP contribution in [0.4, 0.5) is 13.2 Å². The molecule has 0 fully saturated rings. The molecule has 190 valence electrons. The van der Waals surface area contributed by atoms with Gasteiger partial charge in [-0.05, 0) is 43.1 Å². The summed E-state index contributed by atoms with van der Waals surface area (Å²) in [6, 6.07) is 22.9. The number of alkyl halides is 3. The van der Waals surface area contributed by atoms with E-state index in [-0.39, 0.29) is 24.2 Å². The number of halogens is 3. The van der Waals surface area contributed by atoms with Crippen LogP contribution in [0.2, 0.25) is 0 Å². The second kappa shape index (κ2) is 10.5. The van der Waals surface area contributed by atoms with E-state index in [0.717, 1.165) is 25.1 Å². The van der Waals surface area contributed by atoms with Crippen molar-refractivity contribution in [2.75, 3.05) is 6.54 Å². The summed E-state index contributed by atoms with van der Waals surface area (Å²) in [6.07, 6.45) is -2.95. The van der Waals surface area contributed by atoms with Gasteiger partial charge in [-0.1, -0.05) is 61.5 Å². The van der Waals surface area contributed by atoms with Crippen LogP contribution in [0.25, 0.3) is 16.4 Å². The maximum absolute atomic E-state index is 13.5. The van der Waals surface area contributed by atoms with Gasteiger partial charge in [0.1, 0.15) is 6.61 Å². The van der Waals surface area contributed by atoms with E-state index in [1.54, 1.807) is 24.3 Å². The molecule has 0 bridgehead atoms. The Hall–Kier alpha value is -4.05. The van der Waals surface area contributed by atoms with Gasteiger partial charge in [0.15, 0.2) is 5.65 Å². The average molecular weight is 507 g/mol. The Labute approximate surface area is 211 Å². The summed E-state index contributed by atoms with van der Waals surface area (Å²) in [5, 5.41) is 15.7. The second-order valence-corrected chi connectivity index (χ2v) is 8.60. The molecule has 1 unspecified atom stereocenters. The largest absolute Gasteiger partial charge is 0.470 e. The van der Waals surface area contributed by atoms with Crippen molar-refractivity contribution in [1.29, 1.82) is 0 Å². The Kier molecular flexibility index (Phi) is 7.00. The molecule has 2 aromatic carbocycles. The Morgan fingerprint density at radius 3 is 2.43 bits per heavy atom. The first-order chi connectivity index (χ1) is 17.9. The molecule has 0 aliphatic heterocycles. The van der Waals surface area contributed by atoms with Crippen LogP contribution < -0.4 is 10.1 Å². The minimum atomic E-state index is -4.70. The number of fused-ring (bicyclic) bond motifs is 3. The maximum Gasteiger partial charge on any atom is 0.453 e. The highest BCUT2D eigenvalue weighted by Crippen LogP contribution is 2.32. The fourth-order valence-electron chi connectivity index (χ4n) is 4.24. The van der Waals surface area contributed by atoms with E-state index in [1.807, 2.05) is 36.4 Å². The van der Waals surface area contributed by atoms with E-state index >= 15 is 0 Å². The number of nitrogens with one attached hydrogen (secondary N) is 1. The smallest absolute Gasteiger partial charge is 0.453 e. The molecular formula is C27H25F3N6O. The van der Waals surface area contributed by atoms with Crippen molar-refractivity contribution in [3.8, 4) is 5.88 Å². The molecule has 0 radical (unpaired) electrons. The van der Waals surface area contributed by atoms with Gasteiger partial charge in [0, 0.05) is 16.8 Å². The van der Waals surface area contributed by atoms with Crippen molar-refractivity contribution in [3.05, 3.63) is 95.6 Å². The van der Waals surface area contributed by atoms with Gasteiger partial charge in [-0.25, -0.2) is 0 Å². The summed E-state index contributed by atoms with van der Waals surface area (Å²) in [5.41, 5.74) is 2.80. The molecular weight excluding hydrogens is 481 g/mol. The zero-order valence-corrected chi connectivity index (χ0v) is 20.1. The van der Waals surface area contributed by atoms with Gasteiger partial charge < -0.3 is 10.1 Å². The molecule has 0 amide bonds. The first-order valence-corrected chi connectivity index (χ1v) is 12.0. The number of aromatic nitrogens is 5. The summed E-state index contributed by atoms with van der Waals surface area (Å²) in [4.78, 5) is 4.75. The first-order valence-electron chi connectivity index (χ1n) is 12.0. The van der Waals surface area contributed by atoms with E-state index in [2.05, 4.69) is 39.7 Å². The zero-order valence-electron chi connectivity index (χ0n) is 20.1. The van der Waals surface area contributed by atoms with Crippen LogP contribution in [-0.2, 0) is 19.2 Å². The van der Waals surface area contributed by atoms with Crippen LogP contribution in [0.3, 0.4) is 0 Å². The van der Waals surface area contributed by atoms with Gasteiger partial charge in [0.05, 0.1) is 11.4 Å². The van der Waals surface area contributed by atoms with E-state index in [0.29, 0.717) is 21.0 Å². The molecule has 5 aromatic rings. The predicted molar refractivity (Wildman–Crippen MR) is 133 cm³/mol. The van der Waals surface area contributed by atoms with Crippen LogP contribution in [0.5, 0.6) is 5.88 Å². The molecule has 37 heavy (non-hydrogen) atoms. The lowest BCUT2D eigenvalue weighted by Crippen LogP contribution is -2.24. The Morgan fingerprint density at radius 2 is 1.68 bits per heavy atom. The van der Waals surface area contributed by atoms with Crippen LogP contribution in [-0.4, -0.2) is 31.3 Å². The lowest BCUT2D eigenvalue weighted by atomic mass is 10.1. The quantitative estimate of drug-likeness (QED) is 0.282. The highest BCUT2D eigenvalue weighted by Gasteiger charge is 2.38. The molecule has 3 heterocycles. The molecule has 0 aliphatic rings. The van der Waals surface area contributed by atoms with Crippen LogP contribution in [0.15, 0.2) is 72.8 Å². The van der Waals surface area contributed by atoms with Crippen molar-refractivity contribution in [2.45, 2.75) is 38.6 Å². The highest BCUT2D eigenvalue weighted by molar-refractivity contribution is 5.96. The summed E-state index contributed by atoms with van der Waals surface area (Å²) >= 11 is 0. The minimum absolute atomic E-state index is 0.0164. The van der Waals surface area contributed by atoms with Crippen LogP contribution >= 0.6 is 0 Å². The van der Waals surface area contributed by atoms with E-state index in [1.165, 1.54) is 5.56 Å². The predicted octanol–water partition coefficient (Wildman–Crippen LogP) is 5.55. The molecule has 0 saturated heterocycles. The summed E-state index contributed by atoms with van der Waals surface area (Å²) < 4.78 is 47.0. The SMILES string of the molecule is CCC(NCCc1ccccc1)c1cccc(COc2nn3c(C(F)(F)F)nnc3c3ccccc23)n1. The summed E-state index contributed by atoms with van der Waals surface area (Å²) in [7, 11) is 0. The fourth-order valence-corrected chi connectivity index (χ4v) is 4.24. The van der Waals surface area contributed by atoms with E-state index in [4.69, 9.17) is 9.72 Å². The van der Waals surface area contributed by atoms with Crippen molar-refractivity contribution < 1.29 is 17.9 Å². The van der Waals surface area contributed by atoms with Crippen molar-refractivity contribution in [1.82, 2.24) is 30.1 Å². The van der Waals surface area contributed by atoms with Gasteiger partial charge in [-0.3, -0.25) is 4.98 Å². The molecule has 5 rings (SSSR count). The third-order valence-electron chi connectivity index (χ3n) is 6.08. The molecule has 0 spiro atoms. The molecule has 0 aliphatic carbocycles. The van der Waals surface area contributed by atoms with E-state index < -0.39 is 12.0 Å². The second-order valence-electron chi connectivity index (χ2n) is 8.60. The average Bonchev–Trinajstić information content (AvgIpc) is 3.35. The van der Waals surface area contributed by atoms with Crippen LogP contribution in [0.1, 0.15) is 42.2 Å². The zero-order chi connectivity index (χ0) is 25.8. The molecule has 7 nitrogen and oxygen atoms in total. The highest BCUT2D eigenvalue weighted by atomic mass is 19.4. The number of hydrogen-bond acceptors (Lipinski definition) is 6. The van der Waals surface area contributed by atoms with Crippen molar-refractivity contribution >= 4 is 16.4 Å². The van der Waals surface area contributed by atoms with Gasteiger partial charge >= 0.3 is 6.18 Å². The normalized spacial score (nSPS) is 12.8. The van der Waals surface area contributed by atoms with Gasteiger partial charge in [-0.2, -0.15) is 17.7 Å². The van der Waals surface area contributed by atoms with Crippen molar-refractivity contribution in [2.24, 2.45) is 0 Å². The number of benzene rings is 2. The summed E-state index contributed by atoms with van der Waals surface area (Å²) in [5.74, 6) is -1.15. The maximum atomic E-state index is 13.5. The Balaban J connectivity index is 1.35. The molecule has 1 atom stereocenters. The minimum Gasteiger partial charge on any atom is -0.470 e. The number of hydrogen-bond donors (Lipinski definition) is 1. The van der Waals surface area contributed by atoms with Crippen molar-refractivity contribution in [3.63, 3.8) is 0 Å². The molecule has 10 heteroatoms. The molecule has 0 saturated carbocycles. The lowest BCUT2D eigenvalue weighted by molar-refractivity contribution is -0.146. The number of pyridine rings is 1. The number of ether oxygens (including phenoxy) is 1.